The van der Waals surface area contributed by atoms with Gasteiger partial charge in [0.25, 0.3) is 0 Å². The largest absolute Gasteiger partial charge is 0.507 e. The summed E-state index contributed by atoms with van der Waals surface area (Å²) in [6.07, 6.45) is 1.95. The SMILES string of the molecule is CC(C)(C)c1cc(-c2ccnc(-c3cc(-c4ccccc4)cc(-c4cccc5c4nc(-c4cccc(C(C)(C)C)c4O)n5-c4ccc(C(C)(C)C)cc4-c4ccccc4)c3)c2)cc(C(C)(C)C)c1. The highest BCUT2D eigenvalue weighted by Crippen LogP contribution is 2.45. The summed E-state index contributed by atoms with van der Waals surface area (Å²) in [5, 5.41) is 12.3. The van der Waals surface area contributed by atoms with Crippen LogP contribution in [0.25, 0.3) is 83.9 Å². The minimum Gasteiger partial charge on any atom is -0.507 e. The monoisotopic (exact) mass is 892 g/mol. The van der Waals surface area contributed by atoms with Gasteiger partial charge >= 0.3 is 0 Å². The summed E-state index contributed by atoms with van der Waals surface area (Å²) in [6, 6.07) is 58.8. The van der Waals surface area contributed by atoms with Gasteiger partial charge in [0.2, 0.25) is 0 Å². The van der Waals surface area contributed by atoms with E-state index in [9.17, 15) is 5.11 Å². The number of para-hydroxylation sites is 2. The molecule has 0 saturated carbocycles. The van der Waals surface area contributed by atoms with E-state index >= 15 is 0 Å². The molecule has 0 radical (unpaired) electrons. The molecule has 2 heterocycles. The molecule has 4 nitrogen and oxygen atoms in total. The van der Waals surface area contributed by atoms with E-state index in [-0.39, 0.29) is 27.4 Å². The number of imidazole rings is 1. The number of nitrogens with zero attached hydrogens (tertiary/aromatic N) is 3. The van der Waals surface area contributed by atoms with Gasteiger partial charge in [-0.15, -0.1) is 0 Å². The highest BCUT2D eigenvalue weighted by atomic mass is 16.3. The number of aromatic nitrogens is 3. The summed E-state index contributed by atoms with van der Waals surface area (Å²) < 4.78 is 2.26. The maximum Gasteiger partial charge on any atom is 0.149 e. The average molecular weight is 892 g/mol. The van der Waals surface area contributed by atoms with E-state index in [1.165, 1.54) is 22.3 Å². The minimum absolute atomic E-state index is 0.00815. The summed E-state index contributed by atoms with van der Waals surface area (Å²) in [6.45, 7) is 26.9. The molecule has 0 unspecified atom stereocenters. The molecule has 0 saturated heterocycles. The molecule has 1 N–H and O–H groups in total. The molecule has 0 aliphatic heterocycles. The Kier molecular flexibility index (Phi) is 11.7. The summed E-state index contributed by atoms with van der Waals surface area (Å²) in [7, 11) is 0. The van der Waals surface area contributed by atoms with Crippen molar-refractivity contribution in [3.05, 3.63) is 192 Å². The van der Waals surface area contributed by atoms with Crippen LogP contribution >= 0.6 is 0 Å². The third-order valence-electron chi connectivity index (χ3n) is 13.4. The van der Waals surface area contributed by atoms with Gasteiger partial charge in [-0.25, -0.2) is 4.98 Å². The van der Waals surface area contributed by atoms with Gasteiger partial charge in [-0.2, -0.15) is 0 Å². The predicted molar refractivity (Wildman–Crippen MR) is 288 cm³/mol. The second-order valence-electron chi connectivity index (χ2n) is 22.6. The zero-order valence-corrected chi connectivity index (χ0v) is 42.0. The highest BCUT2D eigenvalue weighted by molar-refractivity contribution is 5.98. The Balaban J connectivity index is 1.31. The van der Waals surface area contributed by atoms with Crippen LogP contribution in [-0.2, 0) is 21.7 Å². The molecule has 0 aliphatic rings. The van der Waals surface area contributed by atoms with Gasteiger partial charge in [-0.05, 0) is 132 Å². The molecule has 342 valence electrons. The fourth-order valence-corrected chi connectivity index (χ4v) is 9.29. The number of pyridine rings is 1. The van der Waals surface area contributed by atoms with Crippen molar-refractivity contribution in [3.63, 3.8) is 0 Å². The maximum atomic E-state index is 12.3. The van der Waals surface area contributed by atoms with Crippen molar-refractivity contribution in [1.29, 1.82) is 0 Å². The zero-order chi connectivity index (χ0) is 48.3. The number of phenols is 1. The number of phenolic OH excluding ortho intramolecular Hbond substituents is 1. The van der Waals surface area contributed by atoms with Crippen LogP contribution < -0.4 is 0 Å². The van der Waals surface area contributed by atoms with Crippen molar-refractivity contribution >= 4 is 11.0 Å². The van der Waals surface area contributed by atoms with Crippen molar-refractivity contribution < 1.29 is 5.11 Å². The topological polar surface area (TPSA) is 50.9 Å². The van der Waals surface area contributed by atoms with Gasteiger partial charge < -0.3 is 5.11 Å². The molecule has 0 aliphatic carbocycles. The van der Waals surface area contributed by atoms with Crippen LogP contribution in [0, 0.1) is 0 Å². The summed E-state index contributed by atoms with van der Waals surface area (Å²) >= 11 is 0. The lowest BCUT2D eigenvalue weighted by molar-refractivity contribution is 0.448. The second kappa shape index (κ2) is 17.2. The van der Waals surface area contributed by atoms with E-state index in [2.05, 4.69) is 233 Å². The molecule has 0 spiro atoms. The second-order valence-corrected chi connectivity index (χ2v) is 22.6. The number of fused-ring (bicyclic) bond motifs is 1. The number of hydrogen-bond acceptors (Lipinski definition) is 3. The Morgan fingerprint density at radius 3 is 1.60 bits per heavy atom. The molecule has 2 aromatic heterocycles. The molecule has 9 rings (SSSR count). The molecule has 0 atom stereocenters. The highest BCUT2D eigenvalue weighted by Gasteiger charge is 2.27. The lowest BCUT2D eigenvalue weighted by Gasteiger charge is -2.26. The summed E-state index contributed by atoms with van der Waals surface area (Å²) in [5.74, 6) is 0.922. The molecule has 9 aromatic rings. The van der Waals surface area contributed by atoms with E-state index in [4.69, 9.17) is 9.97 Å². The number of rotatable bonds is 7. The third-order valence-corrected chi connectivity index (χ3v) is 13.4. The molecule has 0 fully saturated rings. The van der Waals surface area contributed by atoms with Gasteiger partial charge in [0, 0.05) is 22.9 Å². The Morgan fingerprint density at radius 2 is 0.971 bits per heavy atom. The maximum absolute atomic E-state index is 12.3. The molecular formula is C64H65N3O. The molecule has 0 bridgehead atoms. The van der Waals surface area contributed by atoms with Gasteiger partial charge in [0.1, 0.15) is 11.6 Å². The molecule has 7 aromatic carbocycles. The fraction of sp³-hybridized carbons (Fsp3) is 0.250. The van der Waals surface area contributed by atoms with E-state index in [0.717, 1.165) is 72.5 Å². The first-order valence-electron chi connectivity index (χ1n) is 24.0. The van der Waals surface area contributed by atoms with Crippen molar-refractivity contribution in [1.82, 2.24) is 14.5 Å². The first-order valence-corrected chi connectivity index (χ1v) is 24.0. The number of hydrogen-bond donors (Lipinski definition) is 1. The molecule has 4 heteroatoms. The molecule has 0 amide bonds. The van der Waals surface area contributed by atoms with Crippen LogP contribution in [0.3, 0.4) is 0 Å². The van der Waals surface area contributed by atoms with Gasteiger partial charge in [-0.3, -0.25) is 9.55 Å². The van der Waals surface area contributed by atoms with Crippen LogP contribution in [0.15, 0.2) is 170 Å². The van der Waals surface area contributed by atoms with Gasteiger partial charge in [0.05, 0.1) is 28.0 Å². The average Bonchev–Trinajstić information content (AvgIpc) is 3.70. The zero-order valence-electron chi connectivity index (χ0n) is 42.0. The fourth-order valence-electron chi connectivity index (χ4n) is 9.29. The van der Waals surface area contributed by atoms with E-state index in [0.29, 0.717) is 11.4 Å². The van der Waals surface area contributed by atoms with Crippen molar-refractivity contribution in [2.45, 2.75) is 105 Å². The third kappa shape index (κ3) is 9.05. The Morgan fingerprint density at radius 1 is 0.397 bits per heavy atom. The first kappa shape index (κ1) is 46.1. The quantitative estimate of drug-likeness (QED) is 0.173. The van der Waals surface area contributed by atoms with Gasteiger partial charge in [0.15, 0.2) is 0 Å². The Labute approximate surface area is 404 Å². The van der Waals surface area contributed by atoms with E-state index < -0.39 is 0 Å². The van der Waals surface area contributed by atoms with Crippen LogP contribution in [0.2, 0.25) is 0 Å². The van der Waals surface area contributed by atoms with Crippen LogP contribution in [0.1, 0.15) is 105 Å². The van der Waals surface area contributed by atoms with Crippen LogP contribution in [0.4, 0.5) is 0 Å². The van der Waals surface area contributed by atoms with Gasteiger partial charge in [-0.1, -0.05) is 192 Å². The van der Waals surface area contributed by atoms with Crippen LogP contribution in [0.5, 0.6) is 5.75 Å². The van der Waals surface area contributed by atoms with E-state index in [1.807, 2.05) is 24.4 Å². The smallest absolute Gasteiger partial charge is 0.149 e. The summed E-state index contributed by atoms with van der Waals surface area (Å²) in [4.78, 5) is 10.7. The predicted octanol–water partition coefficient (Wildman–Crippen LogP) is 17.3. The lowest BCUT2D eigenvalue weighted by Crippen LogP contribution is -2.16. The molecular weight excluding hydrogens is 827 g/mol. The Bertz CT molecular complexity index is 3280. The number of benzene rings is 7. The normalized spacial score (nSPS) is 12.5. The lowest BCUT2D eigenvalue weighted by atomic mass is 9.79. The minimum atomic E-state index is -0.296. The standard InChI is InChI=1S/C64H65N3O/c1-61(2,3)48-29-30-56(53(40-48)42-23-17-14-18-24-42)67-57-28-20-25-51(58(57)66-60(67)52-26-19-27-54(59(52)68)64(10,11)12)46-33-44(41-21-15-13-16-22-41)34-47(35-46)55-38-43(31-32-65-55)45-36-49(62(4,5)6)39-50(37-45)63(7,8)9/h13-40,68H,1-12H3. The first-order chi connectivity index (χ1) is 32.1. The van der Waals surface area contributed by atoms with Crippen molar-refractivity contribution in [2.75, 3.05) is 0 Å². The van der Waals surface area contributed by atoms with Crippen LogP contribution in [-0.4, -0.2) is 19.6 Å². The van der Waals surface area contributed by atoms with E-state index in [1.54, 1.807) is 0 Å². The van der Waals surface area contributed by atoms with Crippen molar-refractivity contribution in [3.8, 4) is 78.6 Å². The molecule has 68 heavy (non-hydrogen) atoms. The number of aromatic hydroxyl groups is 1. The Hall–Kier alpha value is -7.04. The van der Waals surface area contributed by atoms with Crippen molar-refractivity contribution in [2.24, 2.45) is 0 Å². The summed E-state index contributed by atoms with van der Waals surface area (Å²) in [5.41, 5.74) is 18.5.